The number of benzene rings is 1. The molecule has 0 bridgehead atoms. The van der Waals surface area contributed by atoms with Gasteiger partial charge in [0.2, 0.25) is 0 Å². The number of nitrogens with zero attached hydrogens (tertiary/aromatic N) is 3. The van der Waals surface area contributed by atoms with Gasteiger partial charge in [0.15, 0.2) is 5.82 Å². The minimum absolute atomic E-state index is 0.105. The van der Waals surface area contributed by atoms with E-state index < -0.39 is 5.69 Å². The van der Waals surface area contributed by atoms with E-state index in [0.717, 1.165) is 46.5 Å². The van der Waals surface area contributed by atoms with Crippen molar-refractivity contribution in [1.82, 2.24) is 14.1 Å². The summed E-state index contributed by atoms with van der Waals surface area (Å²) in [5, 5.41) is 0. The third-order valence-electron chi connectivity index (χ3n) is 13.1. The molecule has 0 saturated heterocycles. The molecule has 44 heavy (non-hydrogen) atoms. The fraction of sp³-hybridized carbons (Fsp3) is 0.615. The van der Waals surface area contributed by atoms with Gasteiger partial charge in [0, 0.05) is 12.7 Å². The maximum atomic E-state index is 13.4. The molecule has 0 unspecified atom stereocenters. The van der Waals surface area contributed by atoms with Gasteiger partial charge in [-0.1, -0.05) is 83.1 Å². The molecule has 5 nitrogen and oxygen atoms in total. The van der Waals surface area contributed by atoms with Crippen LogP contribution in [0.5, 0.6) is 0 Å². The fourth-order valence-corrected chi connectivity index (χ4v) is 10.7. The third-order valence-corrected chi connectivity index (χ3v) is 13.1. The molecule has 6 aliphatic rings. The zero-order valence-electron chi connectivity index (χ0n) is 27.4. The van der Waals surface area contributed by atoms with Crippen molar-refractivity contribution in [3.05, 3.63) is 74.1 Å². The van der Waals surface area contributed by atoms with Crippen molar-refractivity contribution in [1.29, 1.82) is 0 Å². The van der Waals surface area contributed by atoms with Crippen LogP contribution in [0.4, 0.5) is 0 Å². The lowest BCUT2D eigenvalue weighted by Gasteiger charge is -2.58. The first kappa shape index (κ1) is 29.7. The zero-order chi connectivity index (χ0) is 30.6. The highest BCUT2D eigenvalue weighted by Crippen LogP contribution is 2.67. The predicted octanol–water partition coefficient (Wildman–Crippen LogP) is 8.58. The molecule has 0 N–H and O–H groups in total. The van der Waals surface area contributed by atoms with Crippen LogP contribution < -0.4 is 11.2 Å². The van der Waals surface area contributed by atoms with E-state index in [4.69, 9.17) is 0 Å². The van der Waals surface area contributed by atoms with E-state index >= 15 is 0 Å². The quantitative estimate of drug-likeness (QED) is 0.246. The molecule has 1 aromatic carbocycles. The Kier molecular flexibility index (Phi) is 7.74. The summed E-state index contributed by atoms with van der Waals surface area (Å²) in [6.45, 7) is 7.52. The van der Waals surface area contributed by atoms with Crippen LogP contribution in [0, 0.1) is 34.5 Å². The van der Waals surface area contributed by atoms with Gasteiger partial charge in [-0.15, -0.1) is 0 Å². The average molecular weight is 594 g/mol. The standard InChI is InChI=1S/C39H51N3O2/c1-5-6-7-8-9-11-14-27-18-20-32-30-19-17-28-24-34-26(25-39(28,3)33(30)21-22-38(27,32)2)23-31-35(40-37(44)41(4)36(31)43)42(34)29-15-12-10-13-16-29/h10,12-13,15-16,23-24,27,30,32-33H,5-9,11,14,17-22,25H2,1-4H3/t27-,30-,32-,33-,38+,39-/m0/s1. The first-order chi connectivity index (χ1) is 21.3. The zero-order valence-corrected chi connectivity index (χ0v) is 27.4. The molecule has 0 spiro atoms. The smallest absolute Gasteiger partial charge is 0.294 e. The van der Waals surface area contributed by atoms with Crippen LogP contribution >= 0.6 is 0 Å². The lowest BCUT2D eigenvalue weighted by Crippen LogP contribution is -2.51. The number of fused-ring (bicyclic) bond motifs is 7. The molecule has 0 amide bonds. The number of aromatic nitrogens is 3. The molecular formula is C39H51N3O2. The normalized spacial score (nSPS) is 30.8. The highest BCUT2D eigenvalue weighted by molar-refractivity contribution is 5.70. The van der Waals surface area contributed by atoms with Gasteiger partial charge in [-0.25, -0.2) is 4.79 Å². The molecular weight excluding hydrogens is 542 g/mol. The van der Waals surface area contributed by atoms with Crippen molar-refractivity contribution < 1.29 is 0 Å². The molecule has 0 aromatic heterocycles. The van der Waals surface area contributed by atoms with Crippen LogP contribution in [-0.4, -0.2) is 14.1 Å². The van der Waals surface area contributed by atoms with Crippen LogP contribution in [0.2, 0.25) is 0 Å². The van der Waals surface area contributed by atoms with Crippen molar-refractivity contribution in [3.8, 4) is 17.1 Å². The van der Waals surface area contributed by atoms with E-state index in [1.165, 1.54) is 89.7 Å². The fourth-order valence-electron chi connectivity index (χ4n) is 10.7. The Labute approximate surface area is 263 Å². The molecule has 2 aliphatic heterocycles. The van der Waals surface area contributed by atoms with E-state index in [-0.39, 0.29) is 11.0 Å². The van der Waals surface area contributed by atoms with E-state index in [1.807, 2.05) is 18.2 Å². The van der Waals surface area contributed by atoms with Gasteiger partial charge in [0.25, 0.3) is 5.56 Å². The van der Waals surface area contributed by atoms with Crippen LogP contribution in [0.3, 0.4) is 0 Å². The van der Waals surface area contributed by atoms with Gasteiger partial charge in [-0.3, -0.25) is 13.9 Å². The lowest BCUT2D eigenvalue weighted by molar-refractivity contribution is -0.0478. The number of pyridine rings is 1. The number of allylic oxidation sites excluding steroid dienone is 1. The second-order valence-electron chi connectivity index (χ2n) is 15.3. The molecule has 3 saturated carbocycles. The van der Waals surface area contributed by atoms with Gasteiger partial charge in [0.05, 0.1) is 11.3 Å². The number of unbranched alkanes of at least 4 members (excludes halogenated alkanes) is 5. The maximum absolute atomic E-state index is 13.4. The van der Waals surface area contributed by atoms with E-state index in [1.54, 1.807) is 5.57 Å². The highest BCUT2D eigenvalue weighted by atomic mass is 16.2. The van der Waals surface area contributed by atoms with Crippen molar-refractivity contribution >= 4 is 6.08 Å². The van der Waals surface area contributed by atoms with E-state index in [2.05, 4.69) is 54.6 Å². The average Bonchev–Trinajstić information content (AvgIpc) is 3.36. The van der Waals surface area contributed by atoms with E-state index in [9.17, 15) is 9.59 Å². The monoisotopic (exact) mass is 593 g/mol. The highest BCUT2D eigenvalue weighted by Gasteiger charge is 2.58. The Morgan fingerprint density at radius 3 is 2.50 bits per heavy atom. The maximum Gasteiger partial charge on any atom is 0.352 e. The third kappa shape index (κ3) is 4.67. The Morgan fingerprint density at radius 1 is 0.932 bits per heavy atom. The molecule has 3 fully saturated rings. The Bertz CT molecular complexity index is 1650. The molecule has 234 valence electrons. The van der Waals surface area contributed by atoms with Gasteiger partial charge in [-0.05, 0) is 116 Å². The topological polar surface area (TPSA) is 56.9 Å². The molecule has 1 aromatic rings. The number of rotatable bonds is 8. The van der Waals surface area contributed by atoms with Crippen LogP contribution in [-0.2, 0) is 13.5 Å². The molecule has 7 rings (SSSR count). The predicted molar refractivity (Wildman–Crippen MR) is 179 cm³/mol. The summed E-state index contributed by atoms with van der Waals surface area (Å²) in [6.07, 6.45) is 21.2. The second-order valence-corrected chi connectivity index (χ2v) is 15.3. The molecule has 2 heterocycles. The summed E-state index contributed by atoms with van der Waals surface area (Å²) in [5.41, 5.74) is 5.20. The van der Waals surface area contributed by atoms with Gasteiger partial charge in [-0.2, -0.15) is 4.98 Å². The summed E-state index contributed by atoms with van der Waals surface area (Å²) < 4.78 is 3.23. The molecule has 6 atom stereocenters. The Hall–Kier alpha value is -2.95. The Balaban J connectivity index is 1.21. The molecule has 0 radical (unpaired) electrons. The summed E-state index contributed by atoms with van der Waals surface area (Å²) in [7, 11) is 1.54. The Morgan fingerprint density at radius 2 is 1.70 bits per heavy atom. The number of hydrogen-bond donors (Lipinski definition) is 0. The lowest BCUT2D eigenvalue weighted by atomic mass is 9.46. The van der Waals surface area contributed by atoms with Crippen LogP contribution in [0.15, 0.2) is 51.6 Å². The minimum atomic E-state index is -0.502. The number of hydrogen-bond acceptors (Lipinski definition) is 3. The first-order valence-corrected chi connectivity index (χ1v) is 17.7. The van der Waals surface area contributed by atoms with Gasteiger partial charge >= 0.3 is 5.69 Å². The van der Waals surface area contributed by atoms with Gasteiger partial charge in [0.1, 0.15) is 0 Å². The SMILES string of the molecule is CCCCCCCC[C@H]1CC[C@H]2[C@@H]3CCC4=Cc5c(cc6c(=O)n(C)c(=O)nc-6n5-c5ccccc5)C[C@]4(C)[C@H]3CC[C@]12C. The molecule has 5 heteroatoms. The van der Waals surface area contributed by atoms with Crippen molar-refractivity contribution in [2.24, 2.45) is 41.5 Å². The van der Waals surface area contributed by atoms with Crippen LogP contribution in [0.25, 0.3) is 23.2 Å². The summed E-state index contributed by atoms with van der Waals surface area (Å²) >= 11 is 0. The summed E-state index contributed by atoms with van der Waals surface area (Å²) in [6, 6.07) is 12.2. The minimum Gasteiger partial charge on any atom is -0.294 e. The summed E-state index contributed by atoms with van der Waals surface area (Å²) in [4.78, 5) is 30.6. The number of para-hydroxylation sites is 1. The molecule has 4 aliphatic carbocycles. The van der Waals surface area contributed by atoms with Crippen LogP contribution in [0.1, 0.15) is 115 Å². The first-order valence-electron chi connectivity index (χ1n) is 17.7. The van der Waals surface area contributed by atoms with Crippen molar-refractivity contribution in [2.45, 2.75) is 111 Å². The van der Waals surface area contributed by atoms with E-state index in [0.29, 0.717) is 22.7 Å². The van der Waals surface area contributed by atoms with Gasteiger partial charge < -0.3 is 0 Å². The summed E-state index contributed by atoms with van der Waals surface area (Å²) in [5.74, 6) is 3.71. The van der Waals surface area contributed by atoms with Crippen molar-refractivity contribution in [3.63, 3.8) is 0 Å². The van der Waals surface area contributed by atoms with Crippen molar-refractivity contribution in [2.75, 3.05) is 0 Å². The largest absolute Gasteiger partial charge is 0.352 e. The second kappa shape index (κ2) is 11.4.